The van der Waals surface area contributed by atoms with Crippen LogP contribution >= 0.6 is 0 Å². The molecular formula is C18H21F3N4O. The van der Waals surface area contributed by atoms with E-state index in [0.29, 0.717) is 30.0 Å². The molecule has 2 aromatic rings. The Labute approximate surface area is 149 Å². The standard InChI is InChI=1S/C18H21F3N4O/c1-11-6-17(22-14-7-13(21)9-25(10-14)5-4-19)23-24-18(11)15-3-2-12(20)8-16(15)26/h2-3,6,8,13-14,26H,4-5,7,9-10H2,1H3,(H,22,23)/t13-,14-/m1/s1. The number of benzene rings is 1. The zero-order valence-corrected chi connectivity index (χ0v) is 14.4. The third-order valence-electron chi connectivity index (χ3n) is 4.43. The maximum Gasteiger partial charge on any atom is 0.149 e. The molecule has 2 N–H and O–H groups in total. The molecule has 140 valence electrons. The number of alkyl halides is 2. The highest BCUT2D eigenvalue weighted by Crippen LogP contribution is 2.30. The van der Waals surface area contributed by atoms with Gasteiger partial charge in [-0.3, -0.25) is 4.90 Å². The summed E-state index contributed by atoms with van der Waals surface area (Å²) in [6.45, 7) is 2.29. The lowest BCUT2D eigenvalue weighted by molar-refractivity contribution is 0.122. The lowest BCUT2D eigenvalue weighted by Gasteiger charge is -2.34. The molecule has 1 aromatic carbocycles. The molecule has 2 atom stereocenters. The average Bonchev–Trinajstić information content (AvgIpc) is 2.56. The summed E-state index contributed by atoms with van der Waals surface area (Å²) in [5.74, 6) is -0.268. The van der Waals surface area contributed by atoms with Gasteiger partial charge in [0.1, 0.15) is 30.2 Å². The molecule has 3 rings (SSSR count). The van der Waals surface area contributed by atoms with Crippen molar-refractivity contribution in [3.8, 4) is 17.0 Å². The van der Waals surface area contributed by atoms with Crippen molar-refractivity contribution in [2.24, 2.45) is 0 Å². The van der Waals surface area contributed by atoms with Gasteiger partial charge in [-0.2, -0.15) is 0 Å². The molecule has 0 radical (unpaired) electrons. The van der Waals surface area contributed by atoms with Crippen molar-refractivity contribution in [3.63, 3.8) is 0 Å². The minimum atomic E-state index is -1.02. The molecule has 0 amide bonds. The van der Waals surface area contributed by atoms with Crippen LogP contribution in [0, 0.1) is 12.7 Å². The first kappa shape index (κ1) is 18.4. The minimum Gasteiger partial charge on any atom is -0.507 e. The van der Waals surface area contributed by atoms with Crippen molar-refractivity contribution in [1.82, 2.24) is 15.1 Å². The highest BCUT2D eigenvalue weighted by molar-refractivity contribution is 5.69. The number of halogens is 3. The van der Waals surface area contributed by atoms with Crippen LogP contribution in [0.3, 0.4) is 0 Å². The van der Waals surface area contributed by atoms with E-state index in [1.165, 1.54) is 12.1 Å². The summed E-state index contributed by atoms with van der Waals surface area (Å²) in [6.07, 6.45) is -0.693. The quantitative estimate of drug-likeness (QED) is 0.852. The number of aromatic hydroxyl groups is 1. The van der Waals surface area contributed by atoms with Gasteiger partial charge in [-0.1, -0.05) is 0 Å². The molecule has 1 aromatic heterocycles. The normalized spacial score (nSPS) is 20.9. The first-order valence-electron chi connectivity index (χ1n) is 8.48. The van der Waals surface area contributed by atoms with E-state index < -0.39 is 18.7 Å². The highest BCUT2D eigenvalue weighted by Gasteiger charge is 2.27. The molecule has 0 saturated carbocycles. The number of phenols is 1. The Kier molecular flexibility index (Phi) is 5.61. The van der Waals surface area contributed by atoms with Crippen LogP contribution in [0.4, 0.5) is 19.0 Å². The summed E-state index contributed by atoms with van der Waals surface area (Å²) in [7, 11) is 0. The predicted octanol–water partition coefficient (Wildman–Crippen LogP) is 3.09. The number of aryl methyl sites for hydroxylation is 1. The van der Waals surface area contributed by atoms with Gasteiger partial charge < -0.3 is 10.4 Å². The van der Waals surface area contributed by atoms with Crippen molar-refractivity contribution in [1.29, 1.82) is 0 Å². The van der Waals surface area contributed by atoms with E-state index in [4.69, 9.17) is 0 Å². The maximum atomic E-state index is 13.9. The average molecular weight is 366 g/mol. The Balaban J connectivity index is 1.75. The van der Waals surface area contributed by atoms with E-state index in [-0.39, 0.29) is 24.9 Å². The second kappa shape index (κ2) is 7.90. The van der Waals surface area contributed by atoms with Gasteiger partial charge in [-0.15, -0.1) is 10.2 Å². The number of phenolic OH excluding ortho intramolecular Hbond substituents is 1. The van der Waals surface area contributed by atoms with Crippen molar-refractivity contribution in [2.45, 2.75) is 25.6 Å². The zero-order chi connectivity index (χ0) is 18.7. The number of nitrogens with one attached hydrogen (secondary N) is 1. The topological polar surface area (TPSA) is 61.3 Å². The fourth-order valence-electron chi connectivity index (χ4n) is 3.27. The second-order valence-corrected chi connectivity index (χ2v) is 6.55. The second-order valence-electron chi connectivity index (χ2n) is 6.55. The Morgan fingerprint density at radius 1 is 1.27 bits per heavy atom. The van der Waals surface area contributed by atoms with Crippen LogP contribution in [0.25, 0.3) is 11.3 Å². The number of hydrogen-bond donors (Lipinski definition) is 2. The van der Waals surface area contributed by atoms with Gasteiger partial charge in [-0.25, -0.2) is 13.2 Å². The molecule has 0 spiro atoms. The van der Waals surface area contributed by atoms with E-state index in [0.717, 1.165) is 11.6 Å². The largest absolute Gasteiger partial charge is 0.507 e. The first-order chi connectivity index (χ1) is 12.5. The molecule has 1 saturated heterocycles. The maximum absolute atomic E-state index is 13.9. The lowest BCUT2D eigenvalue weighted by Crippen LogP contribution is -2.48. The van der Waals surface area contributed by atoms with E-state index in [2.05, 4.69) is 15.5 Å². The first-order valence-corrected chi connectivity index (χ1v) is 8.48. The van der Waals surface area contributed by atoms with Gasteiger partial charge in [0, 0.05) is 43.7 Å². The highest BCUT2D eigenvalue weighted by atomic mass is 19.1. The minimum absolute atomic E-state index is 0.191. The van der Waals surface area contributed by atoms with Gasteiger partial charge in [0.05, 0.1) is 5.69 Å². The molecular weight excluding hydrogens is 345 g/mol. The van der Waals surface area contributed by atoms with E-state index >= 15 is 0 Å². The number of anilines is 1. The molecule has 1 aliphatic heterocycles. The number of aromatic nitrogens is 2. The fourth-order valence-corrected chi connectivity index (χ4v) is 3.27. The molecule has 1 aliphatic rings. The zero-order valence-electron chi connectivity index (χ0n) is 14.4. The molecule has 2 heterocycles. The van der Waals surface area contributed by atoms with Gasteiger partial charge in [0.15, 0.2) is 0 Å². The number of nitrogens with zero attached hydrogens (tertiary/aromatic N) is 3. The van der Waals surface area contributed by atoms with E-state index in [1.807, 2.05) is 0 Å². The van der Waals surface area contributed by atoms with Gasteiger partial charge in [0.2, 0.25) is 0 Å². The summed E-state index contributed by atoms with van der Waals surface area (Å²) in [6, 6.07) is 5.26. The van der Waals surface area contributed by atoms with Crippen LogP contribution in [0.2, 0.25) is 0 Å². The summed E-state index contributed by atoms with van der Waals surface area (Å²) >= 11 is 0. The molecule has 8 heteroatoms. The van der Waals surface area contributed by atoms with E-state index in [1.54, 1.807) is 17.9 Å². The SMILES string of the molecule is Cc1cc(N[C@@H]2C[C@@H](F)CN(CCF)C2)nnc1-c1ccc(F)cc1O. The van der Waals surface area contributed by atoms with Crippen LogP contribution < -0.4 is 5.32 Å². The van der Waals surface area contributed by atoms with Crippen LogP contribution in [-0.4, -0.2) is 58.7 Å². The van der Waals surface area contributed by atoms with Crippen molar-refractivity contribution < 1.29 is 18.3 Å². The number of hydrogen-bond acceptors (Lipinski definition) is 5. The summed E-state index contributed by atoms with van der Waals surface area (Å²) in [5, 5.41) is 21.3. The molecule has 5 nitrogen and oxygen atoms in total. The number of rotatable bonds is 5. The summed E-state index contributed by atoms with van der Waals surface area (Å²) in [4.78, 5) is 1.75. The van der Waals surface area contributed by atoms with Gasteiger partial charge in [0.25, 0.3) is 0 Å². The summed E-state index contributed by atoms with van der Waals surface area (Å²) < 4.78 is 39.5. The van der Waals surface area contributed by atoms with Crippen molar-refractivity contribution >= 4 is 5.82 Å². The number of piperidine rings is 1. The third-order valence-corrected chi connectivity index (χ3v) is 4.43. The predicted molar refractivity (Wildman–Crippen MR) is 93.2 cm³/mol. The Bertz CT molecular complexity index is 774. The Hall–Kier alpha value is -2.35. The van der Waals surface area contributed by atoms with Crippen LogP contribution in [0.5, 0.6) is 5.75 Å². The fraction of sp³-hybridized carbons (Fsp3) is 0.444. The van der Waals surface area contributed by atoms with Gasteiger partial charge >= 0.3 is 0 Å². The molecule has 1 fully saturated rings. The molecule has 0 unspecified atom stereocenters. The Morgan fingerprint density at radius 3 is 2.77 bits per heavy atom. The van der Waals surface area contributed by atoms with Crippen LogP contribution in [0.1, 0.15) is 12.0 Å². The molecule has 26 heavy (non-hydrogen) atoms. The smallest absolute Gasteiger partial charge is 0.149 e. The lowest BCUT2D eigenvalue weighted by atomic mass is 10.0. The monoisotopic (exact) mass is 366 g/mol. The van der Waals surface area contributed by atoms with Crippen molar-refractivity contribution in [3.05, 3.63) is 35.6 Å². The van der Waals surface area contributed by atoms with E-state index in [9.17, 15) is 18.3 Å². The van der Waals surface area contributed by atoms with Crippen LogP contribution in [-0.2, 0) is 0 Å². The number of likely N-dealkylation sites (tertiary alicyclic amines) is 1. The van der Waals surface area contributed by atoms with Crippen molar-refractivity contribution in [2.75, 3.05) is 31.6 Å². The Morgan fingerprint density at radius 2 is 2.08 bits per heavy atom. The molecule has 0 bridgehead atoms. The summed E-state index contributed by atoms with van der Waals surface area (Å²) in [5.41, 5.74) is 1.57. The molecule has 0 aliphatic carbocycles. The third kappa shape index (κ3) is 4.24. The van der Waals surface area contributed by atoms with Crippen LogP contribution in [0.15, 0.2) is 24.3 Å². The van der Waals surface area contributed by atoms with Gasteiger partial charge in [-0.05, 0) is 30.7 Å².